The Labute approximate surface area is 131 Å². The molecule has 0 heterocycles. The lowest BCUT2D eigenvalue weighted by Crippen LogP contribution is -2.04. The zero-order valence-corrected chi connectivity index (χ0v) is 13.3. The summed E-state index contributed by atoms with van der Waals surface area (Å²) in [6.45, 7) is 0.492. The number of anilines is 2. The Morgan fingerprint density at radius 2 is 1.86 bits per heavy atom. The van der Waals surface area contributed by atoms with Crippen molar-refractivity contribution < 1.29 is 13.9 Å². The molecule has 0 aliphatic carbocycles. The van der Waals surface area contributed by atoms with Gasteiger partial charge < -0.3 is 20.5 Å². The first-order valence-electron chi connectivity index (χ1n) is 6.24. The monoisotopic (exact) mass is 354 g/mol. The topological polar surface area (TPSA) is 56.5 Å². The largest absolute Gasteiger partial charge is 0.493 e. The molecule has 2 rings (SSSR count). The third kappa shape index (κ3) is 3.58. The first-order chi connectivity index (χ1) is 10.0. The number of hydrogen-bond acceptors (Lipinski definition) is 4. The fraction of sp³-hybridized carbons (Fsp3) is 0.200. The van der Waals surface area contributed by atoms with Crippen LogP contribution in [0.4, 0.5) is 15.8 Å². The van der Waals surface area contributed by atoms with Crippen molar-refractivity contribution in [3.05, 3.63) is 46.2 Å². The van der Waals surface area contributed by atoms with Gasteiger partial charge in [0, 0.05) is 12.6 Å². The van der Waals surface area contributed by atoms with E-state index < -0.39 is 0 Å². The van der Waals surface area contributed by atoms with Crippen LogP contribution in [-0.4, -0.2) is 14.2 Å². The van der Waals surface area contributed by atoms with Crippen molar-refractivity contribution in [2.24, 2.45) is 0 Å². The number of nitrogen functional groups attached to an aromatic ring is 1. The highest BCUT2D eigenvalue weighted by molar-refractivity contribution is 9.10. The number of rotatable bonds is 5. The second-order valence-corrected chi connectivity index (χ2v) is 5.25. The Balaban J connectivity index is 2.15. The zero-order chi connectivity index (χ0) is 15.4. The molecule has 21 heavy (non-hydrogen) atoms. The lowest BCUT2D eigenvalue weighted by atomic mass is 10.2. The molecule has 2 aromatic carbocycles. The normalized spacial score (nSPS) is 10.3. The molecule has 4 nitrogen and oxygen atoms in total. The Kier molecular flexibility index (Phi) is 4.90. The van der Waals surface area contributed by atoms with Crippen LogP contribution in [-0.2, 0) is 6.54 Å². The average Bonchev–Trinajstić information content (AvgIpc) is 2.49. The van der Waals surface area contributed by atoms with Gasteiger partial charge in [-0.3, -0.25) is 0 Å². The molecule has 0 saturated carbocycles. The van der Waals surface area contributed by atoms with E-state index in [4.69, 9.17) is 15.2 Å². The van der Waals surface area contributed by atoms with Crippen molar-refractivity contribution in [3.8, 4) is 11.5 Å². The summed E-state index contributed by atoms with van der Waals surface area (Å²) >= 11 is 3.10. The van der Waals surface area contributed by atoms with Gasteiger partial charge in [0.1, 0.15) is 5.82 Å². The fourth-order valence-electron chi connectivity index (χ4n) is 1.90. The maximum Gasteiger partial charge on any atom is 0.161 e. The van der Waals surface area contributed by atoms with Crippen molar-refractivity contribution in [1.29, 1.82) is 0 Å². The van der Waals surface area contributed by atoms with Gasteiger partial charge in [-0.25, -0.2) is 4.39 Å². The van der Waals surface area contributed by atoms with Crippen LogP contribution in [0.3, 0.4) is 0 Å². The number of methoxy groups -OCH3 is 2. The first-order valence-corrected chi connectivity index (χ1v) is 7.03. The van der Waals surface area contributed by atoms with Crippen LogP contribution >= 0.6 is 15.9 Å². The third-order valence-corrected chi connectivity index (χ3v) is 3.63. The summed E-state index contributed by atoms with van der Waals surface area (Å²) in [5.41, 5.74) is 7.84. The third-order valence-electron chi connectivity index (χ3n) is 3.02. The second-order valence-electron chi connectivity index (χ2n) is 4.40. The van der Waals surface area contributed by atoms with E-state index in [0.29, 0.717) is 33.9 Å². The van der Waals surface area contributed by atoms with Crippen molar-refractivity contribution in [2.75, 3.05) is 25.3 Å². The molecule has 0 aliphatic rings. The number of nitrogens with one attached hydrogen (secondary N) is 1. The van der Waals surface area contributed by atoms with Crippen LogP contribution < -0.4 is 20.5 Å². The van der Waals surface area contributed by atoms with Gasteiger partial charge in [-0.1, -0.05) is 6.07 Å². The predicted molar refractivity (Wildman–Crippen MR) is 85.4 cm³/mol. The van der Waals surface area contributed by atoms with Crippen molar-refractivity contribution in [3.63, 3.8) is 0 Å². The number of hydrogen-bond donors (Lipinski definition) is 2. The molecule has 0 amide bonds. The molecule has 0 radical (unpaired) electrons. The van der Waals surface area contributed by atoms with Gasteiger partial charge in [0.05, 0.1) is 30.1 Å². The maximum absolute atomic E-state index is 13.5. The van der Waals surface area contributed by atoms with E-state index in [2.05, 4.69) is 21.2 Å². The van der Waals surface area contributed by atoms with Gasteiger partial charge in [-0.05, 0) is 39.7 Å². The Hall–Kier alpha value is -1.95. The van der Waals surface area contributed by atoms with Crippen LogP contribution in [0.2, 0.25) is 0 Å². The maximum atomic E-state index is 13.5. The Bertz CT molecular complexity index is 650. The quantitative estimate of drug-likeness (QED) is 0.801. The van der Waals surface area contributed by atoms with Gasteiger partial charge in [-0.2, -0.15) is 0 Å². The molecule has 0 unspecified atom stereocenters. The highest BCUT2D eigenvalue weighted by Crippen LogP contribution is 2.29. The van der Waals surface area contributed by atoms with Gasteiger partial charge in [0.15, 0.2) is 11.5 Å². The minimum absolute atomic E-state index is 0.344. The minimum atomic E-state index is -0.362. The summed E-state index contributed by atoms with van der Waals surface area (Å²) in [6, 6.07) is 8.48. The van der Waals surface area contributed by atoms with E-state index in [1.165, 1.54) is 12.1 Å². The van der Waals surface area contributed by atoms with E-state index in [-0.39, 0.29) is 5.82 Å². The smallest absolute Gasteiger partial charge is 0.161 e. The highest BCUT2D eigenvalue weighted by Gasteiger charge is 2.07. The average molecular weight is 355 g/mol. The lowest BCUT2D eigenvalue weighted by Gasteiger charge is -2.12. The van der Waals surface area contributed by atoms with Crippen molar-refractivity contribution >= 4 is 27.3 Å². The molecule has 0 atom stereocenters. The Morgan fingerprint density at radius 1 is 1.14 bits per heavy atom. The predicted octanol–water partition coefficient (Wildman–Crippen LogP) is 3.80. The van der Waals surface area contributed by atoms with Crippen LogP contribution in [0, 0.1) is 5.82 Å². The highest BCUT2D eigenvalue weighted by atomic mass is 79.9. The summed E-state index contributed by atoms with van der Waals surface area (Å²) < 4.78 is 24.3. The fourth-order valence-corrected chi connectivity index (χ4v) is 2.26. The van der Waals surface area contributed by atoms with E-state index in [0.717, 1.165) is 5.56 Å². The molecular weight excluding hydrogens is 339 g/mol. The summed E-state index contributed by atoms with van der Waals surface area (Å²) in [4.78, 5) is 0. The molecule has 2 aromatic rings. The Morgan fingerprint density at radius 3 is 2.52 bits per heavy atom. The summed E-state index contributed by atoms with van der Waals surface area (Å²) in [5, 5.41) is 3.10. The SMILES string of the molecule is COc1ccc(CNc2cc(F)c(Br)cc2N)cc1OC. The summed E-state index contributed by atoms with van der Waals surface area (Å²) in [7, 11) is 3.16. The molecule has 0 aromatic heterocycles. The van der Waals surface area contributed by atoms with Crippen molar-refractivity contribution in [1.82, 2.24) is 0 Å². The molecule has 0 spiro atoms. The molecular formula is C15H16BrFN2O2. The minimum Gasteiger partial charge on any atom is -0.493 e. The second kappa shape index (κ2) is 6.67. The van der Waals surface area contributed by atoms with Crippen LogP contribution in [0.1, 0.15) is 5.56 Å². The van der Waals surface area contributed by atoms with Gasteiger partial charge in [-0.15, -0.1) is 0 Å². The molecule has 0 fully saturated rings. The van der Waals surface area contributed by atoms with Crippen LogP contribution in [0.25, 0.3) is 0 Å². The van der Waals surface area contributed by atoms with Crippen LogP contribution in [0.5, 0.6) is 11.5 Å². The molecule has 0 saturated heterocycles. The van der Waals surface area contributed by atoms with Gasteiger partial charge in [0.2, 0.25) is 0 Å². The zero-order valence-electron chi connectivity index (χ0n) is 11.7. The van der Waals surface area contributed by atoms with E-state index in [9.17, 15) is 4.39 Å². The van der Waals surface area contributed by atoms with Crippen molar-refractivity contribution in [2.45, 2.75) is 6.54 Å². The summed E-state index contributed by atoms with van der Waals surface area (Å²) in [6.07, 6.45) is 0. The first kappa shape index (κ1) is 15.4. The standard InChI is InChI=1S/C15H16BrFN2O2/c1-20-14-4-3-9(5-15(14)21-2)8-19-13-7-11(17)10(16)6-12(13)18/h3-7,19H,8,18H2,1-2H3. The van der Waals surface area contributed by atoms with E-state index in [1.54, 1.807) is 14.2 Å². The number of halogens is 2. The molecule has 3 N–H and O–H groups in total. The molecule has 0 aliphatic heterocycles. The van der Waals surface area contributed by atoms with E-state index >= 15 is 0 Å². The lowest BCUT2D eigenvalue weighted by molar-refractivity contribution is 0.354. The number of ether oxygens (including phenoxy) is 2. The number of nitrogens with two attached hydrogens (primary N) is 1. The van der Waals surface area contributed by atoms with Gasteiger partial charge in [0.25, 0.3) is 0 Å². The van der Waals surface area contributed by atoms with E-state index in [1.807, 2.05) is 18.2 Å². The van der Waals surface area contributed by atoms with Crippen LogP contribution in [0.15, 0.2) is 34.8 Å². The molecule has 6 heteroatoms. The molecule has 112 valence electrons. The number of benzene rings is 2. The van der Waals surface area contributed by atoms with Gasteiger partial charge >= 0.3 is 0 Å². The molecule has 0 bridgehead atoms. The summed E-state index contributed by atoms with van der Waals surface area (Å²) in [5.74, 6) is 0.946.